The fourth-order valence-corrected chi connectivity index (χ4v) is 4.13. The lowest BCUT2D eigenvalue weighted by molar-refractivity contribution is -0.137. The molecule has 0 saturated carbocycles. The van der Waals surface area contributed by atoms with Crippen LogP contribution in [0.3, 0.4) is 0 Å². The van der Waals surface area contributed by atoms with E-state index in [1.165, 1.54) is 11.1 Å². The van der Waals surface area contributed by atoms with Gasteiger partial charge >= 0.3 is 0 Å². The Labute approximate surface area is 209 Å². The third-order valence-corrected chi connectivity index (χ3v) is 5.64. The van der Waals surface area contributed by atoms with E-state index in [0.717, 1.165) is 18.7 Å². The summed E-state index contributed by atoms with van der Waals surface area (Å²) in [5, 5.41) is 7.74. The molecule has 0 aliphatic carbocycles. The molecule has 0 fully saturated rings. The Morgan fingerprint density at radius 2 is 1.60 bits per heavy atom. The van der Waals surface area contributed by atoms with Crippen LogP contribution in [-0.4, -0.2) is 45.9 Å². The third kappa shape index (κ3) is 7.86. The molecule has 0 spiro atoms. The number of aromatic nitrogens is 2. The van der Waals surface area contributed by atoms with Crippen LogP contribution in [0.5, 0.6) is 11.5 Å². The zero-order valence-electron chi connectivity index (χ0n) is 21.5. The van der Waals surface area contributed by atoms with Gasteiger partial charge in [0.25, 0.3) is 5.91 Å². The predicted molar refractivity (Wildman–Crippen MR) is 139 cm³/mol. The van der Waals surface area contributed by atoms with Crippen LogP contribution in [0, 0.1) is 0 Å². The zero-order valence-corrected chi connectivity index (χ0v) is 21.5. The summed E-state index contributed by atoms with van der Waals surface area (Å²) in [5.41, 5.74) is 3.53. The van der Waals surface area contributed by atoms with Gasteiger partial charge in [-0.1, -0.05) is 30.3 Å². The van der Waals surface area contributed by atoms with E-state index in [1.807, 2.05) is 74.7 Å². The van der Waals surface area contributed by atoms with Gasteiger partial charge in [-0.05, 0) is 69.5 Å². The minimum atomic E-state index is -0.0289. The molecule has 0 bridgehead atoms. The maximum Gasteiger partial charge on any atom is 0.260 e. The van der Waals surface area contributed by atoms with Crippen molar-refractivity contribution in [3.8, 4) is 11.5 Å². The monoisotopic (exact) mass is 478 g/mol. The molecule has 1 amide bonds. The number of hydrogen-bond acceptors (Lipinski definition) is 5. The molecule has 0 aliphatic rings. The summed E-state index contributed by atoms with van der Waals surface area (Å²) in [5.74, 6) is 1.21. The Morgan fingerprint density at radius 1 is 0.943 bits per heavy atom. The highest BCUT2D eigenvalue weighted by atomic mass is 16.5. The molecule has 0 saturated heterocycles. The van der Waals surface area contributed by atoms with Gasteiger partial charge in [0, 0.05) is 37.6 Å². The molecular weight excluding hydrogens is 440 g/mol. The fourth-order valence-electron chi connectivity index (χ4n) is 4.13. The lowest BCUT2D eigenvalue weighted by atomic mass is 10.1. The molecule has 35 heavy (non-hydrogen) atoms. The van der Waals surface area contributed by atoms with E-state index < -0.39 is 0 Å². The van der Waals surface area contributed by atoms with E-state index in [-0.39, 0.29) is 24.6 Å². The van der Waals surface area contributed by atoms with Gasteiger partial charge in [-0.15, -0.1) is 0 Å². The third-order valence-electron chi connectivity index (χ3n) is 5.64. The highest BCUT2D eigenvalue weighted by Crippen LogP contribution is 2.29. The Morgan fingerprint density at radius 3 is 2.23 bits per heavy atom. The SMILES string of the molecule is CCOc1cc(CNCc2ccc(Cn3cccn3)cc2)ccc1OCC(=O)N(C(C)C)C(C)C. The van der Waals surface area contributed by atoms with Crippen molar-refractivity contribution in [2.75, 3.05) is 13.2 Å². The summed E-state index contributed by atoms with van der Waals surface area (Å²) >= 11 is 0. The van der Waals surface area contributed by atoms with Crippen LogP contribution in [0.4, 0.5) is 0 Å². The Balaban J connectivity index is 1.53. The van der Waals surface area contributed by atoms with E-state index >= 15 is 0 Å². The molecule has 2 aromatic carbocycles. The van der Waals surface area contributed by atoms with Crippen LogP contribution in [-0.2, 0) is 24.4 Å². The molecule has 1 aromatic heterocycles. The Hall–Kier alpha value is -3.32. The first-order valence-electron chi connectivity index (χ1n) is 12.3. The molecule has 188 valence electrons. The van der Waals surface area contributed by atoms with E-state index in [4.69, 9.17) is 9.47 Å². The lowest BCUT2D eigenvalue weighted by Gasteiger charge is -2.30. The number of rotatable bonds is 13. The summed E-state index contributed by atoms with van der Waals surface area (Å²) in [4.78, 5) is 14.5. The summed E-state index contributed by atoms with van der Waals surface area (Å²) in [6.45, 7) is 12.7. The van der Waals surface area contributed by atoms with E-state index in [9.17, 15) is 4.79 Å². The Bertz CT molecular complexity index is 1040. The van der Waals surface area contributed by atoms with E-state index in [1.54, 1.807) is 6.20 Å². The van der Waals surface area contributed by atoms with Gasteiger partial charge in [0.2, 0.25) is 0 Å². The topological polar surface area (TPSA) is 68.6 Å². The number of nitrogens with zero attached hydrogens (tertiary/aromatic N) is 3. The van der Waals surface area contributed by atoms with Gasteiger partial charge in [0.05, 0.1) is 13.2 Å². The minimum Gasteiger partial charge on any atom is -0.490 e. The van der Waals surface area contributed by atoms with Gasteiger partial charge in [-0.3, -0.25) is 9.48 Å². The molecule has 0 radical (unpaired) electrons. The van der Waals surface area contributed by atoms with Gasteiger partial charge in [0.1, 0.15) is 0 Å². The summed E-state index contributed by atoms with van der Waals surface area (Å²) < 4.78 is 13.6. The summed E-state index contributed by atoms with van der Waals surface area (Å²) in [6.07, 6.45) is 3.76. The van der Waals surface area contributed by atoms with E-state index in [0.29, 0.717) is 24.7 Å². The Kier molecular flexibility index (Phi) is 9.73. The molecule has 0 aliphatic heterocycles. The highest BCUT2D eigenvalue weighted by molar-refractivity contribution is 5.78. The number of hydrogen-bond donors (Lipinski definition) is 1. The summed E-state index contributed by atoms with van der Waals surface area (Å²) in [6, 6.07) is 16.6. The number of carbonyl (C=O) groups excluding carboxylic acids is 1. The van der Waals surface area contributed by atoms with Gasteiger partial charge in [-0.2, -0.15) is 5.10 Å². The normalized spacial score (nSPS) is 11.2. The quantitative estimate of drug-likeness (QED) is 0.388. The molecule has 0 atom stereocenters. The molecule has 1 N–H and O–H groups in total. The van der Waals surface area contributed by atoms with Gasteiger partial charge in [0.15, 0.2) is 18.1 Å². The first-order valence-corrected chi connectivity index (χ1v) is 12.3. The van der Waals surface area contributed by atoms with Crippen molar-refractivity contribution in [1.29, 1.82) is 0 Å². The van der Waals surface area contributed by atoms with Crippen molar-refractivity contribution in [2.45, 2.75) is 66.3 Å². The molecular formula is C28H38N4O3. The fraction of sp³-hybridized carbons (Fsp3) is 0.429. The van der Waals surface area contributed by atoms with Gasteiger partial charge < -0.3 is 19.7 Å². The van der Waals surface area contributed by atoms with Crippen molar-refractivity contribution < 1.29 is 14.3 Å². The smallest absolute Gasteiger partial charge is 0.260 e. The van der Waals surface area contributed by atoms with Crippen LogP contribution >= 0.6 is 0 Å². The molecule has 7 heteroatoms. The highest BCUT2D eigenvalue weighted by Gasteiger charge is 2.21. The van der Waals surface area contributed by atoms with Crippen molar-refractivity contribution in [2.24, 2.45) is 0 Å². The first-order chi connectivity index (χ1) is 16.9. The van der Waals surface area contributed by atoms with Crippen LogP contribution in [0.1, 0.15) is 51.3 Å². The van der Waals surface area contributed by atoms with Gasteiger partial charge in [-0.25, -0.2) is 0 Å². The second-order valence-corrected chi connectivity index (χ2v) is 9.11. The van der Waals surface area contributed by atoms with Crippen molar-refractivity contribution in [3.05, 3.63) is 77.6 Å². The standard InChI is InChI=1S/C28H38N4O3/c1-6-34-27-16-25(12-13-26(27)35-20-28(33)32(21(2)3)22(4)5)18-29-17-23-8-10-24(11-9-23)19-31-15-7-14-30-31/h7-16,21-22,29H,6,17-20H2,1-5H3. The molecule has 1 heterocycles. The van der Waals surface area contributed by atoms with Crippen LogP contribution < -0.4 is 14.8 Å². The average Bonchev–Trinajstić information content (AvgIpc) is 3.32. The molecule has 3 rings (SSSR count). The summed E-state index contributed by atoms with van der Waals surface area (Å²) in [7, 11) is 0. The van der Waals surface area contributed by atoms with Crippen molar-refractivity contribution in [3.63, 3.8) is 0 Å². The zero-order chi connectivity index (χ0) is 25.2. The average molecular weight is 479 g/mol. The number of ether oxygens (including phenoxy) is 2. The van der Waals surface area contributed by atoms with Crippen LogP contribution in [0.2, 0.25) is 0 Å². The number of benzene rings is 2. The van der Waals surface area contributed by atoms with Crippen molar-refractivity contribution >= 4 is 5.91 Å². The molecule has 7 nitrogen and oxygen atoms in total. The second-order valence-electron chi connectivity index (χ2n) is 9.11. The van der Waals surface area contributed by atoms with E-state index in [2.05, 4.69) is 34.7 Å². The molecule has 0 unspecified atom stereocenters. The minimum absolute atomic E-state index is 0.00950. The van der Waals surface area contributed by atoms with Crippen LogP contribution in [0.15, 0.2) is 60.9 Å². The molecule has 3 aromatic rings. The second kappa shape index (κ2) is 13.0. The van der Waals surface area contributed by atoms with Crippen molar-refractivity contribution in [1.82, 2.24) is 20.0 Å². The maximum absolute atomic E-state index is 12.7. The van der Waals surface area contributed by atoms with Crippen LogP contribution in [0.25, 0.3) is 0 Å². The largest absolute Gasteiger partial charge is 0.490 e. The number of amides is 1. The number of nitrogens with one attached hydrogen (secondary N) is 1. The lowest BCUT2D eigenvalue weighted by Crippen LogP contribution is -2.44. The number of carbonyl (C=O) groups is 1. The first kappa shape index (κ1) is 26.3. The maximum atomic E-state index is 12.7. The predicted octanol–water partition coefficient (Wildman–Crippen LogP) is 4.64.